The predicted octanol–water partition coefficient (Wildman–Crippen LogP) is -1.94. The van der Waals surface area contributed by atoms with Gasteiger partial charge in [-0.25, -0.2) is 9.36 Å². The third-order valence-corrected chi connectivity index (χ3v) is 4.63. The highest BCUT2D eigenvalue weighted by molar-refractivity contribution is 5.69. The molecule has 2 aromatic rings. The lowest BCUT2D eigenvalue weighted by atomic mass is 9.97. The molecule has 184 valence electrons. The van der Waals surface area contributed by atoms with E-state index < -0.39 is 72.4 Å². The summed E-state index contributed by atoms with van der Waals surface area (Å²) in [4.78, 5) is 73.9. The molecule has 1 aliphatic heterocycles. The maximum Gasteiger partial charge on any atom is 0.332 e. The van der Waals surface area contributed by atoms with E-state index in [1.165, 1.54) is 0 Å². The van der Waals surface area contributed by atoms with E-state index in [4.69, 9.17) is 23.7 Å². The second-order valence-corrected chi connectivity index (χ2v) is 7.21. The third-order valence-electron chi connectivity index (χ3n) is 4.63. The topological polar surface area (TPSA) is 211 Å². The highest BCUT2D eigenvalue weighted by Gasteiger charge is 2.53. The summed E-state index contributed by atoms with van der Waals surface area (Å²) >= 11 is 0. The lowest BCUT2D eigenvalue weighted by Gasteiger charge is -2.44. The van der Waals surface area contributed by atoms with E-state index in [1.807, 2.05) is 4.98 Å². The molecule has 0 unspecified atom stereocenters. The fraction of sp³-hybridized carbons (Fsp3) is 0.556. The molecule has 3 rings (SSSR count). The van der Waals surface area contributed by atoms with Crippen LogP contribution in [0.25, 0.3) is 11.2 Å². The minimum atomic E-state index is -1.59. The van der Waals surface area contributed by atoms with Crippen molar-refractivity contribution in [1.82, 2.24) is 25.0 Å². The van der Waals surface area contributed by atoms with Gasteiger partial charge in [-0.15, -0.1) is 10.2 Å². The Hall–Kier alpha value is -4.08. The molecule has 5 atom stereocenters. The van der Waals surface area contributed by atoms with Crippen molar-refractivity contribution in [3.05, 3.63) is 20.8 Å². The van der Waals surface area contributed by atoms with Gasteiger partial charge in [0.2, 0.25) is 0 Å². The highest BCUT2D eigenvalue weighted by atomic mass is 16.7. The number of nitrogens with one attached hydrogen (secondary N) is 2. The predicted molar refractivity (Wildman–Crippen MR) is 106 cm³/mol. The molecule has 1 aliphatic rings. The average molecular weight is 483 g/mol. The molecule has 0 amide bonds. The number of rotatable bonds is 6. The summed E-state index contributed by atoms with van der Waals surface area (Å²) < 4.78 is 27.6. The average Bonchev–Trinajstić information content (AvgIpc) is 3.19. The number of fused-ring (bicyclic) bond motifs is 1. The standard InChI is InChI=1S/C18H21N5O11/c1-6(24)30-5-10-12(31-7(2)25)13(32-8(3)26)14(33-9(4)27)17(34-10)23-15-11(20-22-21-15)16(28)19-18(23)29/h10,12-14,17H,5H2,1-4H3,(H,19,28,29)(H,20,21,22)/t10-,12-,13-,14-,17+/m0/s1. The van der Waals surface area contributed by atoms with Crippen LogP contribution < -0.4 is 11.2 Å². The van der Waals surface area contributed by atoms with Gasteiger partial charge >= 0.3 is 29.6 Å². The smallest absolute Gasteiger partial charge is 0.332 e. The Morgan fingerprint density at radius 2 is 1.47 bits per heavy atom. The van der Waals surface area contributed by atoms with E-state index in [9.17, 15) is 28.8 Å². The van der Waals surface area contributed by atoms with Gasteiger partial charge in [-0.3, -0.25) is 29.0 Å². The normalized spacial score (nSPS) is 24.3. The number of aromatic amines is 2. The van der Waals surface area contributed by atoms with Crippen LogP contribution in [0, 0.1) is 0 Å². The Morgan fingerprint density at radius 1 is 0.882 bits per heavy atom. The Labute approximate surface area is 189 Å². The highest BCUT2D eigenvalue weighted by Crippen LogP contribution is 2.34. The molecular formula is C18H21N5O11. The van der Waals surface area contributed by atoms with Crippen molar-refractivity contribution in [3.63, 3.8) is 0 Å². The molecule has 0 aromatic carbocycles. The first-order chi connectivity index (χ1) is 16.0. The lowest BCUT2D eigenvalue weighted by Crippen LogP contribution is -2.61. The quantitative estimate of drug-likeness (QED) is 0.339. The van der Waals surface area contributed by atoms with Crippen LogP contribution in [0.3, 0.4) is 0 Å². The third kappa shape index (κ3) is 5.11. The van der Waals surface area contributed by atoms with Gasteiger partial charge in [0.05, 0.1) is 0 Å². The molecule has 16 heteroatoms. The van der Waals surface area contributed by atoms with Crippen molar-refractivity contribution in [2.75, 3.05) is 6.61 Å². The largest absolute Gasteiger partial charge is 0.463 e. The van der Waals surface area contributed by atoms with E-state index in [0.29, 0.717) is 0 Å². The number of aromatic nitrogens is 5. The molecule has 0 radical (unpaired) electrons. The van der Waals surface area contributed by atoms with Crippen LogP contribution in [0.5, 0.6) is 0 Å². The molecule has 2 N–H and O–H groups in total. The number of nitrogens with zero attached hydrogens (tertiary/aromatic N) is 3. The maximum atomic E-state index is 12.8. The van der Waals surface area contributed by atoms with Crippen molar-refractivity contribution in [2.24, 2.45) is 0 Å². The number of carbonyl (C=O) groups is 4. The molecule has 1 saturated heterocycles. The van der Waals surface area contributed by atoms with Crippen molar-refractivity contribution in [1.29, 1.82) is 0 Å². The minimum absolute atomic E-state index is 0.269. The van der Waals surface area contributed by atoms with Gasteiger partial charge in [0.25, 0.3) is 5.56 Å². The summed E-state index contributed by atoms with van der Waals surface area (Å²) in [6, 6.07) is 0. The van der Waals surface area contributed by atoms with E-state index >= 15 is 0 Å². The zero-order valence-electron chi connectivity index (χ0n) is 18.4. The molecule has 0 aliphatic carbocycles. The summed E-state index contributed by atoms with van der Waals surface area (Å²) in [5, 5.41) is 9.67. The van der Waals surface area contributed by atoms with Crippen molar-refractivity contribution < 1.29 is 42.9 Å². The Balaban J connectivity index is 2.21. The van der Waals surface area contributed by atoms with E-state index in [-0.39, 0.29) is 11.2 Å². The number of hydrogen-bond donors (Lipinski definition) is 2. The lowest BCUT2D eigenvalue weighted by molar-refractivity contribution is -0.268. The van der Waals surface area contributed by atoms with Crippen LogP contribution in [-0.2, 0) is 42.9 Å². The van der Waals surface area contributed by atoms with Gasteiger partial charge < -0.3 is 23.7 Å². The van der Waals surface area contributed by atoms with Gasteiger partial charge in [0, 0.05) is 27.7 Å². The SMILES string of the molecule is CC(=O)OC[C@@H]1O[C@@H](n2c(=O)[nH]c(=O)c3n[nH]nc32)[C@@H](OC(C)=O)[C@@H](OC(C)=O)[C@H]1OC(C)=O. The summed E-state index contributed by atoms with van der Waals surface area (Å²) in [5.74, 6) is -3.21. The number of esters is 4. The summed E-state index contributed by atoms with van der Waals surface area (Å²) in [5.41, 5.74) is -2.41. The fourth-order valence-corrected chi connectivity index (χ4v) is 3.51. The first-order valence-electron chi connectivity index (χ1n) is 9.85. The van der Waals surface area contributed by atoms with Gasteiger partial charge in [0.15, 0.2) is 35.7 Å². The molecule has 34 heavy (non-hydrogen) atoms. The number of carbonyl (C=O) groups excluding carboxylic acids is 4. The van der Waals surface area contributed by atoms with E-state index in [2.05, 4.69) is 15.4 Å². The second-order valence-electron chi connectivity index (χ2n) is 7.21. The Bertz CT molecular complexity index is 1230. The summed E-state index contributed by atoms with van der Waals surface area (Å²) in [6.45, 7) is 3.82. The van der Waals surface area contributed by atoms with Gasteiger partial charge in [-0.05, 0) is 0 Å². The second kappa shape index (κ2) is 9.82. The van der Waals surface area contributed by atoms with Crippen LogP contribution in [0.2, 0.25) is 0 Å². The van der Waals surface area contributed by atoms with Crippen molar-refractivity contribution in [3.8, 4) is 0 Å². The molecular weight excluding hydrogens is 462 g/mol. The molecule has 3 heterocycles. The molecule has 1 fully saturated rings. The summed E-state index contributed by atoms with van der Waals surface area (Å²) in [6.07, 6.45) is -7.37. The first-order valence-corrected chi connectivity index (χ1v) is 9.85. The van der Waals surface area contributed by atoms with Crippen LogP contribution >= 0.6 is 0 Å². The van der Waals surface area contributed by atoms with Crippen LogP contribution in [-0.4, -0.2) is 79.9 Å². The van der Waals surface area contributed by atoms with Gasteiger partial charge in [-0.2, -0.15) is 5.21 Å². The van der Waals surface area contributed by atoms with Crippen molar-refractivity contribution in [2.45, 2.75) is 58.3 Å². The molecule has 2 aromatic heterocycles. The van der Waals surface area contributed by atoms with Crippen LogP contribution in [0.1, 0.15) is 33.9 Å². The molecule has 0 spiro atoms. The van der Waals surface area contributed by atoms with E-state index in [0.717, 1.165) is 32.3 Å². The molecule has 0 saturated carbocycles. The molecule has 16 nitrogen and oxygen atoms in total. The minimum Gasteiger partial charge on any atom is -0.463 e. The van der Waals surface area contributed by atoms with Crippen LogP contribution in [0.4, 0.5) is 0 Å². The zero-order valence-corrected chi connectivity index (χ0v) is 18.4. The summed E-state index contributed by atoms with van der Waals surface area (Å²) in [7, 11) is 0. The number of hydrogen-bond acceptors (Lipinski definition) is 13. The Morgan fingerprint density at radius 3 is 2.06 bits per heavy atom. The molecule has 0 bridgehead atoms. The number of ether oxygens (including phenoxy) is 5. The number of H-pyrrole nitrogens is 2. The van der Waals surface area contributed by atoms with Crippen LogP contribution in [0.15, 0.2) is 9.59 Å². The zero-order chi connectivity index (χ0) is 25.2. The maximum absolute atomic E-state index is 12.8. The first kappa shape index (κ1) is 24.6. The monoisotopic (exact) mass is 483 g/mol. The fourth-order valence-electron chi connectivity index (χ4n) is 3.51. The van der Waals surface area contributed by atoms with Crippen molar-refractivity contribution >= 4 is 35.0 Å². The van der Waals surface area contributed by atoms with Gasteiger partial charge in [0.1, 0.15) is 12.7 Å². The van der Waals surface area contributed by atoms with E-state index in [1.54, 1.807) is 0 Å². The van der Waals surface area contributed by atoms with Gasteiger partial charge in [-0.1, -0.05) is 0 Å². The Kier molecular flexibility index (Phi) is 7.09.